The Kier molecular flexibility index (Phi) is 7.79. The van der Waals surface area contributed by atoms with Gasteiger partial charge >= 0.3 is 12.4 Å². The number of carboxylic acids is 1. The second-order valence-electron chi connectivity index (χ2n) is 7.34. The Morgan fingerprint density at radius 1 is 0.946 bits per heavy atom. The Labute approximate surface area is 203 Å². The number of hydrogen-bond donors (Lipinski definition) is 2. The van der Waals surface area contributed by atoms with Gasteiger partial charge in [0.2, 0.25) is 17.4 Å². The number of rotatable bonds is 4. The van der Waals surface area contributed by atoms with Gasteiger partial charge in [-0.05, 0) is 24.3 Å². The zero-order valence-electron chi connectivity index (χ0n) is 18.3. The molecule has 4 aromatic rings. The van der Waals surface area contributed by atoms with Crippen LogP contribution in [0.2, 0.25) is 0 Å². The van der Waals surface area contributed by atoms with Crippen molar-refractivity contribution in [3.05, 3.63) is 90.3 Å². The fourth-order valence-electron chi connectivity index (χ4n) is 3.23. The van der Waals surface area contributed by atoms with Crippen molar-refractivity contribution in [2.45, 2.75) is 18.4 Å². The van der Waals surface area contributed by atoms with Crippen LogP contribution >= 0.6 is 0 Å². The minimum Gasteiger partial charge on any atom is -0.542 e. The normalized spacial score (nSPS) is 12.4. The predicted octanol–water partition coefficient (Wildman–Crippen LogP) is 2.71. The molecule has 3 heterocycles. The van der Waals surface area contributed by atoms with E-state index in [9.17, 15) is 35.5 Å². The molecule has 0 saturated carbocycles. The minimum atomic E-state index is -5.19. The molecule has 1 unspecified atom stereocenters. The lowest BCUT2D eigenvalue weighted by Crippen LogP contribution is -2.41. The van der Waals surface area contributed by atoms with Crippen molar-refractivity contribution in [2.75, 3.05) is 0 Å². The fraction of sp³-hybridized carbons (Fsp3) is 0.130. The van der Waals surface area contributed by atoms with E-state index in [0.29, 0.717) is 5.52 Å². The van der Waals surface area contributed by atoms with Gasteiger partial charge in [-0.2, -0.15) is 30.7 Å². The van der Waals surface area contributed by atoms with Gasteiger partial charge in [0.05, 0.1) is 6.20 Å². The first-order chi connectivity index (χ1) is 17.3. The van der Waals surface area contributed by atoms with Crippen LogP contribution in [-0.2, 0) is 4.79 Å². The van der Waals surface area contributed by atoms with Gasteiger partial charge in [-0.25, -0.2) is 14.4 Å². The molecule has 0 aliphatic rings. The molecular weight excluding hydrogens is 513 g/mol. The van der Waals surface area contributed by atoms with E-state index in [4.69, 9.17) is 9.90 Å². The number of amides is 1. The van der Waals surface area contributed by atoms with Crippen LogP contribution in [0.3, 0.4) is 0 Å². The first-order valence-electron chi connectivity index (χ1n) is 10.2. The summed E-state index contributed by atoms with van der Waals surface area (Å²) in [6.45, 7) is 0. The van der Waals surface area contributed by atoms with Crippen molar-refractivity contribution in [2.24, 2.45) is 0 Å². The Morgan fingerprint density at radius 2 is 1.57 bits per heavy atom. The van der Waals surface area contributed by atoms with Gasteiger partial charge in [0.1, 0.15) is 17.3 Å². The van der Waals surface area contributed by atoms with Gasteiger partial charge in [0.15, 0.2) is 11.7 Å². The van der Waals surface area contributed by atoms with Gasteiger partial charge in [-0.1, -0.05) is 24.3 Å². The molecule has 0 radical (unpaired) electrons. The molecule has 3 aromatic heterocycles. The lowest BCUT2D eigenvalue weighted by molar-refractivity contribution is -0.498. The molecule has 1 aromatic carbocycles. The average molecular weight is 529 g/mol. The summed E-state index contributed by atoms with van der Waals surface area (Å²) in [7, 11) is 0. The number of nitrogens with one attached hydrogen (secondary N) is 3. The van der Waals surface area contributed by atoms with Gasteiger partial charge in [0.25, 0.3) is 11.7 Å². The Balaban J connectivity index is 0.000000479. The van der Waals surface area contributed by atoms with E-state index in [2.05, 4.69) is 9.97 Å². The number of fused-ring (bicyclic) bond motifs is 1. The number of carbonyl (C=O) groups excluding carboxylic acids is 2. The van der Waals surface area contributed by atoms with Crippen LogP contribution in [-0.4, -0.2) is 29.2 Å². The second kappa shape index (κ2) is 10.6. The van der Waals surface area contributed by atoms with Crippen molar-refractivity contribution in [3.63, 3.8) is 0 Å². The summed E-state index contributed by atoms with van der Waals surface area (Å²) in [5.74, 6) is -4.27. The van der Waals surface area contributed by atoms with E-state index in [1.54, 1.807) is 30.5 Å². The highest BCUT2D eigenvalue weighted by Gasteiger charge is 2.46. The molecule has 0 saturated heterocycles. The van der Waals surface area contributed by atoms with Crippen molar-refractivity contribution >= 4 is 17.4 Å². The largest absolute Gasteiger partial charge is 0.542 e. The number of carboxylic acid groups (broad SMARTS) is 1. The standard InChI is InChI=1S/C21H14F4N4O.C2HF3O2/c22-14-8-2-1-7-13(14)19-27-17(16-10-4-6-12-29(16)19)20(30)28-18(21(23,24)25)15-9-3-5-11-26-15;3-2(4,5)1(6)7/h1-12,18H,(H,28,30);(H,6,7)/p+1. The van der Waals surface area contributed by atoms with E-state index in [0.717, 1.165) is 0 Å². The molecule has 4 rings (SSSR count). The zero-order valence-corrected chi connectivity index (χ0v) is 18.3. The molecule has 0 aliphatic carbocycles. The van der Waals surface area contributed by atoms with Gasteiger partial charge in [0, 0.05) is 12.1 Å². The van der Waals surface area contributed by atoms with Crippen molar-refractivity contribution in [3.8, 4) is 11.4 Å². The molecule has 3 N–H and O–H groups in total. The van der Waals surface area contributed by atoms with Crippen LogP contribution in [0, 0.1) is 5.82 Å². The molecule has 14 heteroatoms. The lowest BCUT2D eigenvalue weighted by Gasteiger charge is -2.17. The molecule has 0 spiro atoms. The quantitative estimate of drug-likeness (QED) is 0.314. The van der Waals surface area contributed by atoms with Gasteiger partial charge < -0.3 is 15.2 Å². The maximum absolute atomic E-state index is 14.3. The smallest absolute Gasteiger partial charge is 0.430 e. The van der Waals surface area contributed by atoms with Crippen LogP contribution in [0.15, 0.2) is 73.1 Å². The summed E-state index contributed by atoms with van der Waals surface area (Å²) in [6.07, 6.45) is -6.98. The predicted molar refractivity (Wildman–Crippen MR) is 110 cm³/mol. The minimum absolute atomic E-state index is 0.112. The van der Waals surface area contributed by atoms with Gasteiger partial charge in [-0.15, -0.1) is 0 Å². The third kappa shape index (κ3) is 6.39. The molecule has 1 atom stereocenters. The maximum atomic E-state index is 14.3. The summed E-state index contributed by atoms with van der Waals surface area (Å²) in [5.41, 5.74) is 0.169. The SMILES string of the molecule is O=C(NC(c1cccc[nH+]1)C(F)(F)F)c1[nH]c(-c2ccccc2F)[n+]2ccccc12.O=C([O-])C(F)(F)F. The number of H-pyrrole nitrogens is 2. The molecular formula is C23H16F7N4O3+. The first kappa shape index (κ1) is 27.1. The summed E-state index contributed by atoms with van der Waals surface area (Å²) >= 11 is 0. The number of halogens is 7. The summed E-state index contributed by atoms with van der Waals surface area (Å²) in [4.78, 5) is 26.9. The maximum Gasteiger partial charge on any atom is 0.430 e. The molecule has 7 nitrogen and oxygen atoms in total. The number of nitrogens with zero attached hydrogens (tertiary/aromatic N) is 1. The molecule has 1 amide bonds. The number of carbonyl (C=O) groups is 2. The van der Waals surface area contributed by atoms with E-state index in [1.807, 2.05) is 5.32 Å². The van der Waals surface area contributed by atoms with Crippen LogP contribution in [0.25, 0.3) is 16.9 Å². The van der Waals surface area contributed by atoms with Crippen LogP contribution in [0.1, 0.15) is 22.2 Å². The summed E-state index contributed by atoms with van der Waals surface area (Å²) < 4.78 is 88.2. The van der Waals surface area contributed by atoms with Crippen molar-refractivity contribution in [1.29, 1.82) is 0 Å². The average Bonchev–Trinajstić information content (AvgIpc) is 3.22. The number of aromatic amines is 2. The highest BCUT2D eigenvalue weighted by molar-refractivity contribution is 5.98. The van der Waals surface area contributed by atoms with E-state index >= 15 is 0 Å². The van der Waals surface area contributed by atoms with E-state index in [-0.39, 0.29) is 22.8 Å². The molecule has 0 aliphatic heterocycles. The third-order valence-electron chi connectivity index (χ3n) is 4.83. The number of benzene rings is 1. The Morgan fingerprint density at radius 3 is 2.14 bits per heavy atom. The number of pyridine rings is 2. The topological polar surface area (TPSA) is 103 Å². The van der Waals surface area contributed by atoms with Crippen molar-refractivity contribution < 1.29 is 54.8 Å². The van der Waals surface area contributed by atoms with Crippen LogP contribution < -0.4 is 19.8 Å². The number of alkyl halides is 6. The Bertz CT molecular complexity index is 1400. The van der Waals surface area contributed by atoms with E-state index < -0.39 is 36.1 Å². The molecule has 194 valence electrons. The molecule has 0 bridgehead atoms. The monoisotopic (exact) mass is 529 g/mol. The first-order valence-corrected chi connectivity index (χ1v) is 10.2. The number of aromatic nitrogens is 3. The van der Waals surface area contributed by atoms with Crippen LogP contribution in [0.4, 0.5) is 30.7 Å². The van der Waals surface area contributed by atoms with Crippen molar-refractivity contribution in [1.82, 2.24) is 10.3 Å². The Hall–Kier alpha value is -4.49. The highest BCUT2D eigenvalue weighted by Crippen LogP contribution is 2.31. The second-order valence-corrected chi connectivity index (χ2v) is 7.34. The van der Waals surface area contributed by atoms with Crippen LogP contribution in [0.5, 0.6) is 0 Å². The summed E-state index contributed by atoms with van der Waals surface area (Å²) in [6, 6.07) is 12.8. The third-order valence-corrected chi connectivity index (χ3v) is 4.83. The molecule has 0 fully saturated rings. The zero-order chi connectivity index (χ0) is 27.4. The van der Waals surface area contributed by atoms with Gasteiger partial charge in [-0.3, -0.25) is 4.79 Å². The number of imidazole rings is 1. The lowest BCUT2D eigenvalue weighted by atomic mass is 10.1. The highest BCUT2D eigenvalue weighted by atomic mass is 19.4. The summed E-state index contributed by atoms with van der Waals surface area (Å²) in [5, 5.41) is 10.8. The molecule has 37 heavy (non-hydrogen) atoms. The van der Waals surface area contributed by atoms with E-state index in [1.165, 1.54) is 47.0 Å². The number of hydrogen-bond acceptors (Lipinski definition) is 3. The number of aliphatic carboxylic acids is 1. The fourth-order valence-corrected chi connectivity index (χ4v) is 3.23.